The van der Waals surface area contributed by atoms with E-state index in [-0.39, 0.29) is 52.6 Å². The van der Waals surface area contributed by atoms with Crippen LogP contribution in [0.3, 0.4) is 0 Å². The summed E-state index contributed by atoms with van der Waals surface area (Å²) in [6.45, 7) is 3.58. The summed E-state index contributed by atoms with van der Waals surface area (Å²) in [6, 6.07) is 9.27. The fourth-order valence-electron chi connectivity index (χ4n) is 2.89. The number of hydrogen-bond donors (Lipinski definition) is 0. The summed E-state index contributed by atoms with van der Waals surface area (Å²) < 4.78 is 37.3. The fraction of sp³-hybridized carbons (Fsp3) is 0.250. The topological polar surface area (TPSA) is 146 Å². The standard InChI is InChI=1S/C20H19ClN4O7S/c1-3-24(4-2)33(29,30)15-9-10-17(21)16(11-15)20(26)31-12-18-22-23-19(32-18)13-5-7-14(8-6-13)25(27)28/h5-11H,3-4,12H2,1-2H3. The van der Waals surface area contributed by atoms with E-state index in [1.54, 1.807) is 13.8 Å². The molecular formula is C20H19ClN4O7S. The van der Waals surface area contributed by atoms with E-state index in [0.29, 0.717) is 5.56 Å². The molecule has 33 heavy (non-hydrogen) atoms. The number of nitrogens with zero attached hydrogens (tertiary/aromatic N) is 4. The number of ether oxygens (including phenoxy) is 1. The Balaban J connectivity index is 1.73. The number of benzene rings is 2. The van der Waals surface area contributed by atoms with E-state index in [9.17, 15) is 23.3 Å². The van der Waals surface area contributed by atoms with Crippen molar-refractivity contribution in [3.8, 4) is 11.5 Å². The highest BCUT2D eigenvalue weighted by molar-refractivity contribution is 7.89. The summed E-state index contributed by atoms with van der Waals surface area (Å²) in [5.41, 5.74) is 0.234. The molecule has 0 aliphatic heterocycles. The largest absolute Gasteiger partial charge is 0.452 e. The molecule has 0 bridgehead atoms. The van der Waals surface area contributed by atoms with E-state index in [2.05, 4.69) is 10.2 Å². The number of halogens is 1. The Labute approximate surface area is 194 Å². The number of carbonyl (C=O) groups excluding carboxylic acids is 1. The van der Waals surface area contributed by atoms with Crippen LogP contribution in [0.4, 0.5) is 5.69 Å². The van der Waals surface area contributed by atoms with Crippen LogP contribution < -0.4 is 0 Å². The lowest BCUT2D eigenvalue weighted by molar-refractivity contribution is -0.384. The van der Waals surface area contributed by atoms with Crippen LogP contribution in [0.25, 0.3) is 11.5 Å². The quantitative estimate of drug-likeness (QED) is 0.247. The number of rotatable bonds is 9. The molecule has 0 radical (unpaired) electrons. The van der Waals surface area contributed by atoms with Crippen LogP contribution >= 0.6 is 11.6 Å². The van der Waals surface area contributed by atoms with Gasteiger partial charge in [-0.25, -0.2) is 13.2 Å². The van der Waals surface area contributed by atoms with Crippen LogP contribution in [0.2, 0.25) is 5.02 Å². The maximum absolute atomic E-state index is 12.7. The number of sulfonamides is 1. The van der Waals surface area contributed by atoms with Crippen LogP contribution in [0.1, 0.15) is 30.1 Å². The molecule has 13 heteroatoms. The van der Waals surface area contributed by atoms with Gasteiger partial charge < -0.3 is 9.15 Å². The summed E-state index contributed by atoms with van der Waals surface area (Å²) in [5, 5.41) is 18.4. The maximum atomic E-state index is 12.7. The number of nitro groups is 1. The molecule has 11 nitrogen and oxygen atoms in total. The number of non-ortho nitro benzene ring substituents is 1. The van der Waals surface area contributed by atoms with Crippen molar-refractivity contribution >= 4 is 33.3 Å². The van der Waals surface area contributed by atoms with E-state index in [0.717, 1.165) is 6.07 Å². The molecule has 0 aliphatic carbocycles. The molecular weight excluding hydrogens is 476 g/mol. The molecule has 3 aromatic rings. The Morgan fingerprint density at radius 3 is 2.42 bits per heavy atom. The first-order chi connectivity index (χ1) is 15.7. The number of carbonyl (C=O) groups is 1. The Kier molecular flexibility index (Phi) is 7.41. The molecule has 3 rings (SSSR count). The zero-order valence-corrected chi connectivity index (χ0v) is 19.2. The second-order valence-electron chi connectivity index (χ2n) is 6.61. The van der Waals surface area contributed by atoms with Gasteiger partial charge in [0, 0.05) is 30.8 Å². The molecule has 0 fully saturated rings. The van der Waals surface area contributed by atoms with Gasteiger partial charge in [0.2, 0.25) is 15.9 Å². The van der Waals surface area contributed by atoms with Gasteiger partial charge in [0.15, 0.2) is 6.61 Å². The molecule has 0 aliphatic rings. The number of nitro benzene ring substituents is 1. The minimum Gasteiger partial charge on any atom is -0.452 e. The predicted octanol–water partition coefficient (Wildman–Crippen LogP) is 3.69. The van der Waals surface area contributed by atoms with Gasteiger partial charge in [-0.3, -0.25) is 10.1 Å². The second kappa shape index (κ2) is 10.1. The molecule has 0 amide bonds. The minimum atomic E-state index is -3.79. The lowest BCUT2D eigenvalue weighted by Gasteiger charge is -2.18. The van der Waals surface area contributed by atoms with Crippen molar-refractivity contribution in [2.75, 3.05) is 13.1 Å². The van der Waals surface area contributed by atoms with Crippen LogP contribution in [0, 0.1) is 10.1 Å². The van der Waals surface area contributed by atoms with Gasteiger partial charge in [0.1, 0.15) is 0 Å². The summed E-state index contributed by atoms with van der Waals surface area (Å²) in [7, 11) is -3.79. The van der Waals surface area contributed by atoms with Gasteiger partial charge >= 0.3 is 5.97 Å². The Hall–Kier alpha value is -3.35. The van der Waals surface area contributed by atoms with E-state index < -0.39 is 20.9 Å². The van der Waals surface area contributed by atoms with Gasteiger partial charge in [-0.05, 0) is 30.3 Å². The van der Waals surface area contributed by atoms with Crippen LogP contribution in [-0.2, 0) is 21.4 Å². The summed E-state index contributed by atoms with van der Waals surface area (Å²) in [4.78, 5) is 22.7. The highest BCUT2D eigenvalue weighted by atomic mass is 35.5. The van der Waals surface area contributed by atoms with Crippen LogP contribution in [0.15, 0.2) is 51.8 Å². The zero-order chi connectivity index (χ0) is 24.2. The Bertz CT molecular complexity index is 1270. The number of esters is 1. The van der Waals surface area contributed by atoms with Gasteiger partial charge in [-0.2, -0.15) is 4.31 Å². The maximum Gasteiger partial charge on any atom is 0.340 e. The minimum absolute atomic E-state index is 0.0237. The normalized spacial score (nSPS) is 11.5. The second-order valence-corrected chi connectivity index (χ2v) is 8.96. The summed E-state index contributed by atoms with van der Waals surface area (Å²) in [5.74, 6) is -0.812. The Morgan fingerprint density at radius 1 is 1.15 bits per heavy atom. The van der Waals surface area contributed by atoms with E-state index in [4.69, 9.17) is 20.8 Å². The average molecular weight is 495 g/mol. The summed E-state index contributed by atoms with van der Waals surface area (Å²) in [6.07, 6.45) is 0. The van der Waals surface area contributed by atoms with Gasteiger partial charge in [0.25, 0.3) is 11.6 Å². The van der Waals surface area contributed by atoms with Crippen molar-refractivity contribution in [1.29, 1.82) is 0 Å². The van der Waals surface area contributed by atoms with Crippen molar-refractivity contribution in [3.63, 3.8) is 0 Å². The fourth-order valence-corrected chi connectivity index (χ4v) is 4.57. The van der Waals surface area contributed by atoms with E-state index >= 15 is 0 Å². The third kappa shape index (κ3) is 5.35. The highest BCUT2D eigenvalue weighted by Crippen LogP contribution is 2.25. The Morgan fingerprint density at radius 2 is 1.82 bits per heavy atom. The molecule has 0 N–H and O–H groups in total. The van der Waals surface area contributed by atoms with E-state index in [1.807, 2.05) is 0 Å². The van der Waals surface area contributed by atoms with Gasteiger partial charge in [0.05, 0.1) is 20.4 Å². The SMILES string of the molecule is CCN(CC)S(=O)(=O)c1ccc(Cl)c(C(=O)OCc2nnc(-c3ccc([N+](=O)[O-])cc3)o2)c1. The smallest absolute Gasteiger partial charge is 0.340 e. The molecule has 0 unspecified atom stereocenters. The van der Waals surface area contributed by atoms with Crippen molar-refractivity contribution in [3.05, 3.63) is 69.1 Å². The van der Waals surface area contributed by atoms with Crippen LogP contribution in [-0.4, -0.2) is 46.9 Å². The third-order valence-corrected chi connectivity index (χ3v) is 7.00. The van der Waals surface area contributed by atoms with Crippen molar-refractivity contribution in [1.82, 2.24) is 14.5 Å². The highest BCUT2D eigenvalue weighted by Gasteiger charge is 2.24. The molecule has 0 spiro atoms. The predicted molar refractivity (Wildman–Crippen MR) is 117 cm³/mol. The first kappa shape index (κ1) is 24.3. The van der Waals surface area contributed by atoms with E-state index in [1.165, 1.54) is 40.7 Å². The zero-order valence-electron chi connectivity index (χ0n) is 17.6. The molecule has 174 valence electrons. The summed E-state index contributed by atoms with van der Waals surface area (Å²) >= 11 is 6.08. The van der Waals surface area contributed by atoms with Crippen LogP contribution in [0.5, 0.6) is 0 Å². The molecule has 2 aromatic carbocycles. The van der Waals surface area contributed by atoms with Gasteiger partial charge in [-0.1, -0.05) is 25.4 Å². The number of hydrogen-bond acceptors (Lipinski definition) is 9. The molecule has 1 aromatic heterocycles. The first-order valence-corrected chi connectivity index (χ1v) is 11.5. The van der Waals surface area contributed by atoms with Crippen molar-refractivity contribution in [2.24, 2.45) is 0 Å². The van der Waals surface area contributed by atoms with Crippen molar-refractivity contribution < 1.29 is 27.3 Å². The monoisotopic (exact) mass is 494 g/mol. The molecule has 0 saturated carbocycles. The first-order valence-electron chi connectivity index (χ1n) is 9.71. The molecule has 0 atom stereocenters. The number of aromatic nitrogens is 2. The third-order valence-electron chi connectivity index (χ3n) is 4.62. The average Bonchev–Trinajstić information content (AvgIpc) is 3.27. The van der Waals surface area contributed by atoms with Crippen molar-refractivity contribution in [2.45, 2.75) is 25.3 Å². The lowest BCUT2D eigenvalue weighted by Crippen LogP contribution is -2.30. The van der Waals surface area contributed by atoms with Gasteiger partial charge in [-0.15, -0.1) is 10.2 Å². The molecule has 0 saturated heterocycles. The molecule has 1 heterocycles. The lowest BCUT2D eigenvalue weighted by atomic mass is 10.2.